The second-order valence-electron chi connectivity index (χ2n) is 5.69. The van der Waals surface area contributed by atoms with Crippen LogP contribution in [0.5, 0.6) is 0 Å². The molecule has 0 aromatic heterocycles. The average molecular weight is 293 g/mol. The van der Waals surface area contributed by atoms with Crippen LogP contribution >= 0.6 is 11.8 Å². The number of aromatic carboxylic acids is 1. The van der Waals surface area contributed by atoms with E-state index in [9.17, 15) is 9.90 Å². The molecule has 20 heavy (non-hydrogen) atoms. The first-order valence-electron chi connectivity index (χ1n) is 7.26. The standard InChI is InChI=1S/C16H23NO2S/c1-11-6-8-12(9-7-11)10-17-13-4-3-5-14(20-2)15(13)16(18)19/h3-5,11-12,17H,6-10H2,1-2H3,(H,18,19). The van der Waals surface area contributed by atoms with Crippen LogP contribution in [-0.2, 0) is 0 Å². The van der Waals surface area contributed by atoms with Gasteiger partial charge in [0, 0.05) is 17.1 Å². The highest BCUT2D eigenvalue weighted by atomic mass is 32.2. The van der Waals surface area contributed by atoms with E-state index in [4.69, 9.17) is 0 Å². The molecule has 0 amide bonds. The Morgan fingerprint density at radius 3 is 2.65 bits per heavy atom. The number of nitrogens with one attached hydrogen (secondary N) is 1. The van der Waals surface area contributed by atoms with Crippen molar-refractivity contribution in [3.05, 3.63) is 23.8 Å². The second kappa shape index (κ2) is 7.02. The number of carbonyl (C=O) groups is 1. The lowest BCUT2D eigenvalue weighted by molar-refractivity contribution is 0.0694. The van der Waals surface area contributed by atoms with Gasteiger partial charge in [-0.2, -0.15) is 0 Å². The third-order valence-electron chi connectivity index (χ3n) is 4.18. The average Bonchev–Trinajstić information content (AvgIpc) is 2.46. The van der Waals surface area contributed by atoms with Crippen molar-refractivity contribution in [2.24, 2.45) is 11.8 Å². The summed E-state index contributed by atoms with van der Waals surface area (Å²) in [6, 6.07) is 5.65. The molecule has 0 heterocycles. The van der Waals surface area contributed by atoms with E-state index in [0.717, 1.165) is 23.0 Å². The third-order valence-corrected chi connectivity index (χ3v) is 4.96. The van der Waals surface area contributed by atoms with Gasteiger partial charge in [-0.25, -0.2) is 4.79 Å². The Morgan fingerprint density at radius 1 is 1.35 bits per heavy atom. The van der Waals surface area contributed by atoms with E-state index in [1.54, 1.807) is 0 Å². The van der Waals surface area contributed by atoms with Crippen molar-refractivity contribution >= 4 is 23.4 Å². The molecule has 1 saturated carbocycles. The van der Waals surface area contributed by atoms with Gasteiger partial charge in [0.15, 0.2) is 0 Å². The number of anilines is 1. The highest BCUT2D eigenvalue weighted by molar-refractivity contribution is 7.98. The van der Waals surface area contributed by atoms with Crippen molar-refractivity contribution in [3.8, 4) is 0 Å². The van der Waals surface area contributed by atoms with Crippen LogP contribution < -0.4 is 5.32 Å². The highest BCUT2D eigenvalue weighted by Crippen LogP contribution is 2.30. The van der Waals surface area contributed by atoms with Crippen LogP contribution in [0.25, 0.3) is 0 Å². The topological polar surface area (TPSA) is 49.3 Å². The fourth-order valence-electron chi connectivity index (χ4n) is 2.86. The molecule has 0 bridgehead atoms. The van der Waals surface area contributed by atoms with Crippen LogP contribution in [0.2, 0.25) is 0 Å². The minimum atomic E-state index is -0.852. The van der Waals surface area contributed by atoms with E-state index in [0.29, 0.717) is 11.5 Å². The van der Waals surface area contributed by atoms with E-state index >= 15 is 0 Å². The zero-order valence-electron chi connectivity index (χ0n) is 12.2. The van der Waals surface area contributed by atoms with Crippen LogP contribution in [0, 0.1) is 11.8 Å². The lowest BCUT2D eigenvalue weighted by atomic mass is 9.83. The first kappa shape index (κ1) is 15.2. The zero-order valence-corrected chi connectivity index (χ0v) is 13.0. The van der Waals surface area contributed by atoms with Crippen LogP contribution in [0.3, 0.4) is 0 Å². The second-order valence-corrected chi connectivity index (χ2v) is 6.54. The maximum atomic E-state index is 11.4. The molecule has 4 heteroatoms. The minimum Gasteiger partial charge on any atom is -0.478 e. The van der Waals surface area contributed by atoms with Gasteiger partial charge >= 0.3 is 5.97 Å². The predicted molar refractivity (Wildman–Crippen MR) is 84.8 cm³/mol. The smallest absolute Gasteiger partial charge is 0.338 e. The summed E-state index contributed by atoms with van der Waals surface area (Å²) in [5, 5.41) is 12.8. The van der Waals surface area contributed by atoms with E-state index in [1.807, 2.05) is 24.5 Å². The number of rotatable bonds is 5. The predicted octanol–water partition coefficient (Wildman–Crippen LogP) is 4.34. The van der Waals surface area contributed by atoms with Crippen molar-refractivity contribution in [2.45, 2.75) is 37.5 Å². The van der Waals surface area contributed by atoms with Gasteiger partial charge in [-0.1, -0.05) is 25.8 Å². The number of thioether (sulfide) groups is 1. The molecule has 0 atom stereocenters. The molecule has 0 spiro atoms. The molecule has 0 saturated heterocycles. The van der Waals surface area contributed by atoms with Crippen molar-refractivity contribution in [1.82, 2.24) is 0 Å². The maximum Gasteiger partial charge on any atom is 0.338 e. The third kappa shape index (κ3) is 3.69. The molecule has 1 aromatic carbocycles. The fourth-order valence-corrected chi connectivity index (χ4v) is 3.47. The first-order valence-corrected chi connectivity index (χ1v) is 8.48. The maximum absolute atomic E-state index is 11.4. The Balaban J connectivity index is 2.04. The molecule has 0 unspecified atom stereocenters. The van der Waals surface area contributed by atoms with Gasteiger partial charge in [-0.15, -0.1) is 11.8 Å². The molecule has 1 aliphatic carbocycles. The minimum absolute atomic E-state index is 0.407. The first-order chi connectivity index (χ1) is 9.61. The van der Waals surface area contributed by atoms with Crippen molar-refractivity contribution in [1.29, 1.82) is 0 Å². The number of carboxylic acids is 1. The van der Waals surface area contributed by atoms with Crippen LogP contribution in [0.4, 0.5) is 5.69 Å². The monoisotopic (exact) mass is 293 g/mol. The van der Waals surface area contributed by atoms with Crippen molar-refractivity contribution in [3.63, 3.8) is 0 Å². The summed E-state index contributed by atoms with van der Waals surface area (Å²) in [5.74, 6) is 0.668. The van der Waals surface area contributed by atoms with Crippen LogP contribution in [0.15, 0.2) is 23.1 Å². The van der Waals surface area contributed by atoms with Gasteiger partial charge < -0.3 is 10.4 Å². The molecule has 110 valence electrons. The highest BCUT2D eigenvalue weighted by Gasteiger charge is 2.19. The molecule has 3 nitrogen and oxygen atoms in total. The Hall–Kier alpha value is -1.16. The van der Waals surface area contributed by atoms with Crippen molar-refractivity contribution < 1.29 is 9.90 Å². The Labute approximate surface area is 125 Å². The quantitative estimate of drug-likeness (QED) is 0.793. The van der Waals surface area contributed by atoms with Gasteiger partial charge in [0.25, 0.3) is 0 Å². The van der Waals surface area contributed by atoms with Gasteiger partial charge in [-0.05, 0) is 43.1 Å². The summed E-state index contributed by atoms with van der Waals surface area (Å²) in [5.41, 5.74) is 1.16. The Morgan fingerprint density at radius 2 is 2.05 bits per heavy atom. The van der Waals surface area contributed by atoms with Crippen molar-refractivity contribution in [2.75, 3.05) is 18.1 Å². The molecule has 0 aliphatic heterocycles. The summed E-state index contributed by atoms with van der Waals surface area (Å²) in [4.78, 5) is 12.3. The molecule has 1 aromatic rings. The largest absolute Gasteiger partial charge is 0.478 e. The lowest BCUT2D eigenvalue weighted by Gasteiger charge is -2.27. The molecule has 1 aliphatic rings. The molecular weight excluding hydrogens is 270 g/mol. The van der Waals surface area contributed by atoms with E-state index in [-0.39, 0.29) is 0 Å². The lowest BCUT2D eigenvalue weighted by Crippen LogP contribution is -2.21. The normalized spacial score (nSPS) is 22.5. The summed E-state index contributed by atoms with van der Waals surface area (Å²) in [6.45, 7) is 3.19. The number of hydrogen-bond donors (Lipinski definition) is 2. The van der Waals surface area contributed by atoms with E-state index in [2.05, 4.69) is 12.2 Å². The van der Waals surface area contributed by atoms with Gasteiger partial charge in [-0.3, -0.25) is 0 Å². The van der Waals surface area contributed by atoms with Gasteiger partial charge in [0.2, 0.25) is 0 Å². The molecule has 0 radical (unpaired) electrons. The summed E-state index contributed by atoms with van der Waals surface area (Å²) < 4.78 is 0. The number of carboxylic acid groups (broad SMARTS) is 1. The van der Waals surface area contributed by atoms with Crippen LogP contribution in [-0.4, -0.2) is 23.9 Å². The Bertz CT molecular complexity index is 468. The summed E-state index contributed by atoms with van der Waals surface area (Å²) in [6.07, 6.45) is 7.00. The van der Waals surface area contributed by atoms with Crippen LogP contribution in [0.1, 0.15) is 43.0 Å². The summed E-state index contributed by atoms with van der Waals surface area (Å²) in [7, 11) is 0. The molecular formula is C16H23NO2S. The summed E-state index contributed by atoms with van der Waals surface area (Å²) >= 11 is 1.48. The molecule has 2 N–H and O–H groups in total. The fraction of sp³-hybridized carbons (Fsp3) is 0.562. The number of hydrogen-bond acceptors (Lipinski definition) is 3. The van der Waals surface area contributed by atoms with Gasteiger partial charge in [0.1, 0.15) is 0 Å². The number of benzene rings is 1. The molecule has 2 rings (SSSR count). The van der Waals surface area contributed by atoms with E-state index in [1.165, 1.54) is 37.4 Å². The van der Waals surface area contributed by atoms with E-state index < -0.39 is 5.97 Å². The Kier molecular flexibility index (Phi) is 5.35. The van der Waals surface area contributed by atoms with Gasteiger partial charge in [0.05, 0.1) is 5.56 Å². The SMILES string of the molecule is CSc1cccc(NCC2CCC(C)CC2)c1C(=O)O. The zero-order chi connectivity index (χ0) is 14.5. The molecule has 1 fully saturated rings.